The summed E-state index contributed by atoms with van der Waals surface area (Å²) in [6.07, 6.45) is 2.26. The summed E-state index contributed by atoms with van der Waals surface area (Å²) >= 11 is 0. The minimum Gasteiger partial charge on any atom is -0.336 e. The SMILES string of the molecule is CC(C)NC(=O)N1CC[N+](CCCC=O)(c2ccc(F)cc2)CC1. The van der Waals surface area contributed by atoms with Crippen molar-refractivity contribution >= 4 is 18.0 Å². The molecule has 0 radical (unpaired) electrons. The van der Waals surface area contributed by atoms with E-state index in [0.717, 1.165) is 38.0 Å². The number of benzene rings is 1. The number of rotatable bonds is 6. The number of nitrogens with zero attached hydrogens (tertiary/aromatic N) is 2. The maximum Gasteiger partial charge on any atom is 0.318 e. The smallest absolute Gasteiger partial charge is 0.318 e. The predicted molar refractivity (Wildman–Crippen MR) is 93.3 cm³/mol. The molecule has 0 aliphatic carbocycles. The van der Waals surface area contributed by atoms with Gasteiger partial charge in [-0.1, -0.05) is 0 Å². The van der Waals surface area contributed by atoms with E-state index in [1.807, 2.05) is 30.9 Å². The number of quaternary nitrogens is 1. The van der Waals surface area contributed by atoms with E-state index in [0.29, 0.717) is 24.0 Å². The van der Waals surface area contributed by atoms with Gasteiger partial charge in [-0.05, 0) is 26.0 Å². The van der Waals surface area contributed by atoms with Gasteiger partial charge in [0.1, 0.15) is 30.9 Å². The number of halogens is 1. The van der Waals surface area contributed by atoms with E-state index >= 15 is 0 Å². The molecule has 0 saturated carbocycles. The van der Waals surface area contributed by atoms with Crippen molar-refractivity contribution in [2.75, 3.05) is 32.7 Å². The molecule has 6 heteroatoms. The molecular formula is C18H27FN3O2+. The van der Waals surface area contributed by atoms with Gasteiger partial charge in [-0.3, -0.25) is 4.48 Å². The first-order valence-electron chi connectivity index (χ1n) is 8.58. The molecule has 1 fully saturated rings. The Morgan fingerprint density at radius 2 is 1.92 bits per heavy atom. The topological polar surface area (TPSA) is 49.4 Å². The Morgan fingerprint density at radius 1 is 1.29 bits per heavy atom. The molecule has 1 saturated heterocycles. The molecule has 0 aromatic heterocycles. The van der Waals surface area contributed by atoms with Gasteiger partial charge < -0.3 is 15.0 Å². The van der Waals surface area contributed by atoms with Crippen LogP contribution in [0.2, 0.25) is 0 Å². The zero-order valence-electron chi connectivity index (χ0n) is 14.5. The van der Waals surface area contributed by atoms with Crippen LogP contribution in [0.25, 0.3) is 0 Å². The number of amides is 2. The lowest BCUT2D eigenvalue weighted by Gasteiger charge is -2.44. The number of aldehydes is 1. The Bertz CT molecular complexity index is 552. The molecular weight excluding hydrogens is 309 g/mol. The lowest BCUT2D eigenvalue weighted by Crippen LogP contribution is -2.63. The fourth-order valence-corrected chi connectivity index (χ4v) is 3.23. The third-order valence-electron chi connectivity index (χ3n) is 4.58. The maximum absolute atomic E-state index is 13.3. The highest BCUT2D eigenvalue weighted by molar-refractivity contribution is 5.74. The summed E-state index contributed by atoms with van der Waals surface area (Å²) in [6, 6.07) is 6.68. The molecule has 1 heterocycles. The lowest BCUT2D eigenvalue weighted by molar-refractivity contribution is -0.108. The van der Waals surface area contributed by atoms with Crippen molar-refractivity contribution in [3.63, 3.8) is 0 Å². The van der Waals surface area contributed by atoms with Gasteiger partial charge in [0.05, 0.1) is 19.6 Å². The molecule has 2 amide bonds. The van der Waals surface area contributed by atoms with E-state index < -0.39 is 0 Å². The maximum atomic E-state index is 13.3. The Hall–Kier alpha value is -1.95. The number of unbranched alkanes of at least 4 members (excludes halogenated alkanes) is 1. The largest absolute Gasteiger partial charge is 0.336 e. The molecule has 1 aromatic rings. The summed E-state index contributed by atoms with van der Waals surface area (Å²) < 4.78 is 14.0. The first kappa shape index (κ1) is 18.4. The predicted octanol–water partition coefficient (Wildman–Crippen LogP) is 2.55. The van der Waals surface area contributed by atoms with Gasteiger partial charge in [0.25, 0.3) is 0 Å². The quantitative estimate of drug-likeness (QED) is 0.493. The van der Waals surface area contributed by atoms with Crippen LogP contribution in [0.3, 0.4) is 0 Å². The zero-order valence-corrected chi connectivity index (χ0v) is 14.5. The number of piperazine rings is 1. The number of carbonyl (C=O) groups excluding carboxylic acids is 2. The van der Waals surface area contributed by atoms with Crippen molar-refractivity contribution in [3.05, 3.63) is 30.1 Å². The highest BCUT2D eigenvalue weighted by Gasteiger charge is 2.36. The summed E-state index contributed by atoms with van der Waals surface area (Å²) in [5.74, 6) is -0.250. The van der Waals surface area contributed by atoms with E-state index in [1.165, 1.54) is 12.1 Å². The summed E-state index contributed by atoms with van der Waals surface area (Å²) in [7, 11) is 0. The van der Waals surface area contributed by atoms with Gasteiger partial charge in [0.15, 0.2) is 0 Å². The van der Waals surface area contributed by atoms with Crippen molar-refractivity contribution in [1.29, 1.82) is 0 Å². The molecule has 0 spiro atoms. The average molecular weight is 336 g/mol. The summed E-state index contributed by atoms with van der Waals surface area (Å²) in [5.41, 5.74) is 1.05. The average Bonchev–Trinajstić information content (AvgIpc) is 2.55. The molecule has 1 aliphatic rings. The van der Waals surface area contributed by atoms with Crippen molar-refractivity contribution in [2.24, 2.45) is 0 Å². The van der Waals surface area contributed by atoms with Gasteiger partial charge in [-0.2, -0.15) is 0 Å². The summed E-state index contributed by atoms with van der Waals surface area (Å²) in [5, 5.41) is 2.92. The molecule has 1 aromatic carbocycles. The standard InChI is InChI=1S/C18H26FN3O2/c1-15(2)20-18(24)21-9-12-22(13-10-21,11-3-4-14-23)17-7-5-16(19)6-8-17/h5-8,14-15H,3-4,9-13H2,1-2H3/p+1. The van der Waals surface area contributed by atoms with Crippen LogP contribution in [0, 0.1) is 5.82 Å². The first-order valence-corrected chi connectivity index (χ1v) is 8.58. The van der Waals surface area contributed by atoms with Crippen LogP contribution < -0.4 is 9.80 Å². The summed E-state index contributed by atoms with van der Waals surface area (Å²) in [6.45, 7) is 7.56. The van der Waals surface area contributed by atoms with Crippen LogP contribution in [0.4, 0.5) is 14.9 Å². The monoisotopic (exact) mass is 336 g/mol. The minimum atomic E-state index is -0.250. The van der Waals surface area contributed by atoms with E-state index in [-0.39, 0.29) is 17.9 Å². The second kappa shape index (κ2) is 8.24. The highest BCUT2D eigenvalue weighted by atomic mass is 19.1. The Kier molecular flexibility index (Phi) is 6.31. The lowest BCUT2D eigenvalue weighted by atomic mass is 10.1. The van der Waals surface area contributed by atoms with Crippen molar-refractivity contribution < 1.29 is 14.0 Å². The molecule has 0 bridgehead atoms. The van der Waals surface area contributed by atoms with Gasteiger partial charge in [0.2, 0.25) is 0 Å². The third-order valence-corrected chi connectivity index (χ3v) is 4.58. The molecule has 1 N–H and O–H groups in total. The molecule has 5 nitrogen and oxygen atoms in total. The van der Waals surface area contributed by atoms with E-state index in [9.17, 15) is 14.0 Å². The van der Waals surface area contributed by atoms with E-state index in [2.05, 4.69) is 5.32 Å². The zero-order chi connectivity index (χ0) is 17.6. The van der Waals surface area contributed by atoms with Crippen LogP contribution in [0.1, 0.15) is 26.7 Å². The van der Waals surface area contributed by atoms with Crippen LogP contribution in [-0.2, 0) is 4.79 Å². The van der Waals surface area contributed by atoms with Crippen molar-refractivity contribution in [1.82, 2.24) is 14.7 Å². The number of nitrogens with one attached hydrogen (secondary N) is 1. The number of hydrogen-bond donors (Lipinski definition) is 1. The minimum absolute atomic E-state index is 0.0326. The van der Waals surface area contributed by atoms with Crippen molar-refractivity contribution in [3.8, 4) is 0 Å². The molecule has 0 atom stereocenters. The fraction of sp³-hybridized carbons (Fsp3) is 0.556. The number of urea groups is 1. The molecule has 132 valence electrons. The second-order valence-corrected chi connectivity index (χ2v) is 6.69. The van der Waals surface area contributed by atoms with Gasteiger partial charge >= 0.3 is 6.03 Å². The van der Waals surface area contributed by atoms with Crippen molar-refractivity contribution in [2.45, 2.75) is 32.7 Å². The molecule has 0 unspecified atom stereocenters. The van der Waals surface area contributed by atoms with Crippen LogP contribution >= 0.6 is 0 Å². The van der Waals surface area contributed by atoms with E-state index in [4.69, 9.17) is 0 Å². The fourth-order valence-electron chi connectivity index (χ4n) is 3.23. The second-order valence-electron chi connectivity index (χ2n) is 6.69. The number of hydrogen-bond acceptors (Lipinski definition) is 2. The highest BCUT2D eigenvalue weighted by Crippen LogP contribution is 2.26. The Morgan fingerprint density at radius 3 is 2.46 bits per heavy atom. The van der Waals surface area contributed by atoms with E-state index in [1.54, 1.807) is 0 Å². The normalized spacial score (nSPS) is 16.9. The Labute approximate surface area is 143 Å². The van der Waals surface area contributed by atoms with Crippen LogP contribution in [-0.4, -0.2) is 56.0 Å². The first-order chi connectivity index (χ1) is 11.5. The van der Waals surface area contributed by atoms with Crippen LogP contribution in [0.15, 0.2) is 24.3 Å². The third kappa shape index (κ3) is 4.54. The van der Waals surface area contributed by atoms with Gasteiger partial charge in [0, 0.05) is 31.0 Å². The summed E-state index contributed by atoms with van der Waals surface area (Å²) in [4.78, 5) is 24.7. The Balaban J connectivity index is 2.10. The molecule has 1 aliphatic heterocycles. The van der Waals surface area contributed by atoms with Crippen LogP contribution in [0.5, 0.6) is 0 Å². The number of carbonyl (C=O) groups is 2. The van der Waals surface area contributed by atoms with Gasteiger partial charge in [-0.25, -0.2) is 9.18 Å². The molecule has 2 rings (SSSR count). The van der Waals surface area contributed by atoms with Gasteiger partial charge in [-0.15, -0.1) is 0 Å². The molecule has 24 heavy (non-hydrogen) atoms.